The minimum atomic E-state index is -4.89. The fourth-order valence-corrected chi connectivity index (χ4v) is 3.30. The van der Waals surface area contributed by atoms with Crippen molar-refractivity contribution in [2.24, 2.45) is 0 Å². The molecule has 0 aliphatic carbocycles. The first-order valence-electron chi connectivity index (χ1n) is 9.95. The zero-order valence-electron chi connectivity index (χ0n) is 17.3. The van der Waals surface area contributed by atoms with E-state index >= 15 is 0 Å². The van der Waals surface area contributed by atoms with Crippen LogP contribution in [0.3, 0.4) is 0 Å². The summed E-state index contributed by atoms with van der Waals surface area (Å²) in [5.41, 5.74) is -2.38. The fourth-order valence-electron chi connectivity index (χ4n) is 3.30. The number of benzene rings is 2. The van der Waals surface area contributed by atoms with Crippen LogP contribution in [-0.2, 0) is 17.5 Å². The number of nitrogens with zero attached hydrogens (tertiary/aromatic N) is 2. The molecule has 0 aliphatic heterocycles. The van der Waals surface area contributed by atoms with E-state index in [4.69, 9.17) is 9.84 Å². The Labute approximate surface area is 187 Å². The molecule has 0 aliphatic rings. The van der Waals surface area contributed by atoms with Crippen LogP contribution in [0, 0.1) is 11.3 Å². The third-order valence-corrected chi connectivity index (χ3v) is 4.83. The molecule has 0 spiro atoms. The molecule has 2 aromatic carbocycles. The van der Waals surface area contributed by atoms with E-state index in [9.17, 15) is 28.0 Å². The van der Waals surface area contributed by atoms with E-state index in [0.29, 0.717) is 11.3 Å². The largest absolute Gasteiger partial charge is 0.494 e. The van der Waals surface area contributed by atoms with Crippen LogP contribution in [0.4, 0.5) is 13.2 Å². The molecule has 0 saturated heterocycles. The van der Waals surface area contributed by atoms with Gasteiger partial charge in [0.2, 0.25) is 0 Å². The summed E-state index contributed by atoms with van der Waals surface area (Å²) >= 11 is 0. The first-order valence-corrected chi connectivity index (χ1v) is 9.95. The quantitative estimate of drug-likeness (QED) is 0.496. The van der Waals surface area contributed by atoms with Crippen LogP contribution in [0.25, 0.3) is 11.3 Å². The van der Waals surface area contributed by atoms with Gasteiger partial charge >= 0.3 is 12.1 Å². The zero-order chi connectivity index (χ0) is 24.0. The van der Waals surface area contributed by atoms with Gasteiger partial charge in [-0.05, 0) is 30.2 Å². The van der Waals surface area contributed by atoms with Crippen LogP contribution in [0.2, 0.25) is 0 Å². The third-order valence-electron chi connectivity index (χ3n) is 4.83. The zero-order valence-corrected chi connectivity index (χ0v) is 17.3. The topological polar surface area (TPSA) is 92.3 Å². The third kappa shape index (κ3) is 5.80. The lowest BCUT2D eigenvalue weighted by molar-refractivity contribution is -0.138. The van der Waals surface area contributed by atoms with Crippen molar-refractivity contribution in [3.8, 4) is 23.1 Å². The lowest BCUT2D eigenvalue weighted by Crippen LogP contribution is -2.28. The molecule has 1 aromatic heterocycles. The lowest BCUT2D eigenvalue weighted by Gasteiger charge is -2.18. The number of aromatic nitrogens is 1. The van der Waals surface area contributed by atoms with Crippen molar-refractivity contribution in [3.63, 3.8) is 0 Å². The van der Waals surface area contributed by atoms with Gasteiger partial charge in [0.25, 0.3) is 5.56 Å². The predicted molar refractivity (Wildman–Crippen MR) is 114 cm³/mol. The van der Waals surface area contributed by atoms with Gasteiger partial charge in [-0.2, -0.15) is 18.4 Å². The summed E-state index contributed by atoms with van der Waals surface area (Å²) in [6, 6.07) is 17.0. The molecule has 33 heavy (non-hydrogen) atoms. The molecule has 1 heterocycles. The normalized spacial score (nSPS) is 11.1. The van der Waals surface area contributed by atoms with Gasteiger partial charge in [0, 0.05) is 12.0 Å². The highest BCUT2D eigenvalue weighted by molar-refractivity contribution is 5.66. The lowest BCUT2D eigenvalue weighted by atomic mass is 10.0. The molecule has 0 atom stereocenters. The number of carbonyl (C=O) groups is 1. The number of nitriles is 1. The second kappa shape index (κ2) is 10.0. The molecule has 3 rings (SSSR count). The molecule has 0 amide bonds. The average molecular weight is 456 g/mol. The predicted octanol–water partition coefficient (Wildman–Crippen LogP) is 4.70. The highest BCUT2D eigenvalue weighted by Gasteiger charge is 2.36. The number of carboxylic acid groups (broad SMARTS) is 1. The van der Waals surface area contributed by atoms with Gasteiger partial charge in [0.15, 0.2) is 0 Å². The van der Waals surface area contributed by atoms with E-state index in [1.807, 2.05) is 0 Å². The Morgan fingerprint density at radius 1 is 1.09 bits per heavy atom. The minimum Gasteiger partial charge on any atom is -0.494 e. The summed E-state index contributed by atoms with van der Waals surface area (Å²) in [5, 5.41) is 18.0. The van der Waals surface area contributed by atoms with Gasteiger partial charge in [-0.15, -0.1) is 0 Å². The molecule has 3 aromatic rings. The van der Waals surface area contributed by atoms with Crippen molar-refractivity contribution in [3.05, 3.63) is 87.7 Å². The maximum atomic E-state index is 13.6. The van der Waals surface area contributed by atoms with Crippen LogP contribution in [0.15, 0.2) is 65.5 Å². The number of pyridine rings is 1. The van der Waals surface area contributed by atoms with Gasteiger partial charge in [0.1, 0.15) is 17.4 Å². The molecule has 0 saturated carbocycles. The Kier molecular flexibility index (Phi) is 7.18. The number of alkyl halides is 3. The Hall–Kier alpha value is -4.06. The number of hydrogen-bond donors (Lipinski definition) is 1. The summed E-state index contributed by atoms with van der Waals surface area (Å²) in [5.74, 6) is -0.649. The Morgan fingerprint density at radius 3 is 2.45 bits per heavy atom. The number of halogens is 3. The molecule has 9 heteroatoms. The van der Waals surface area contributed by atoms with Crippen LogP contribution in [0.5, 0.6) is 5.75 Å². The first kappa shape index (κ1) is 23.6. The highest BCUT2D eigenvalue weighted by atomic mass is 19.4. The second-order valence-electron chi connectivity index (χ2n) is 7.18. The second-order valence-corrected chi connectivity index (χ2v) is 7.18. The van der Waals surface area contributed by atoms with E-state index in [-0.39, 0.29) is 37.3 Å². The van der Waals surface area contributed by atoms with Gasteiger partial charge in [-0.3, -0.25) is 9.59 Å². The van der Waals surface area contributed by atoms with Gasteiger partial charge in [-0.25, -0.2) is 0 Å². The van der Waals surface area contributed by atoms with Crippen molar-refractivity contribution < 1.29 is 27.8 Å². The maximum absolute atomic E-state index is 13.6. The van der Waals surface area contributed by atoms with Crippen molar-refractivity contribution in [2.75, 3.05) is 6.61 Å². The summed E-state index contributed by atoms with van der Waals surface area (Å²) in [6.45, 7) is 0.0687. The molecule has 0 fully saturated rings. The van der Waals surface area contributed by atoms with Crippen LogP contribution < -0.4 is 10.3 Å². The highest BCUT2D eigenvalue weighted by Crippen LogP contribution is 2.34. The molecular weight excluding hydrogens is 437 g/mol. The van der Waals surface area contributed by atoms with Gasteiger partial charge in [-0.1, -0.05) is 42.5 Å². The van der Waals surface area contributed by atoms with Crippen LogP contribution >= 0.6 is 0 Å². The van der Waals surface area contributed by atoms with Crippen molar-refractivity contribution >= 4 is 5.97 Å². The average Bonchev–Trinajstić information content (AvgIpc) is 2.78. The van der Waals surface area contributed by atoms with E-state index in [1.165, 1.54) is 18.2 Å². The Morgan fingerprint density at radius 2 is 1.82 bits per heavy atom. The summed E-state index contributed by atoms with van der Waals surface area (Å²) < 4.78 is 47.6. The first-order chi connectivity index (χ1) is 15.7. The molecule has 170 valence electrons. The number of hydrogen-bond acceptors (Lipinski definition) is 4. The van der Waals surface area contributed by atoms with Gasteiger partial charge < -0.3 is 14.4 Å². The molecule has 1 N–H and O–H groups in total. The molecule has 0 bridgehead atoms. The number of rotatable bonds is 8. The summed E-state index contributed by atoms with van der Waals surface area (Å²) in [6.07, 6.45) is -4.72. The monoisotopic (exact) mass is 456 g/mol. The van der Waals surface area contributed by atoms with E-state index in [2.05, 4.69) is 0 Å². The van der Waals surface area contributed by atoms with Crippen molar-refractivity contribution in [1.82, 2.24) is 4.57 Å². The molecule has 0 unspecified atom stereocenters. The maximum Gasteiger partial charge on any atom is 0.417 e. The van der Waals surface area contributed by atoms with Crippen molar-refractivity contribution in [2.45, 2.75) is 25.6 Å². The molecule has 0 radical (unpaired) electrons. The fraction of sp³-hybridized carbons (Fsp3) is 0.208. The SMILES string of the molecule is N#Cc1c(C(F)(F)F)cc(-c2cccc(OCCCC(=O)O)c2)n(Cc2ccccc2)c1=O. The standard InChI is InChI=1S/C24H19F3N2O4/c25-24(26,27)20-13-21(17-8-4-9-18(12-17)33-11-5-10-22(30)31)29(23(32)19(20)14-28)15-16-6-2-1-3-7-16/h1-4,6-9,12-13H,5,10-11,15H2,(H,30,31). The van der Waals surface area contributed by atoms with E-state index in [1.54, 1.807) is 42.5 Å². The van der Waals surface area contributed by atoms with Gasteiger partial charge in [0.05, 0.1) is 24.4 Å². The number of ether oxygens (including phenoxy) is 1. The molecular formula is C24H19F3N2O4. The van der Waals surface area contributed by atoms with Crippen LogP contribution in [0.1, 0.15) is 29.5 Å². The summed E-state index contributed by atoms with van der Waals surface area (Å²) in [4.78, 5) is 23.6. The minimum absolute atomic E-state index is 0.0221. The number of carboxylic acids is 1. The van der Waals surface area contributed by atoms with Crippen molar-refractivity contribution in [1.29, 1.82) is 5.26 Å². The van der Waals surface area contributed by atoms with E-state index in [0.717, 1.165) is 10.6 Å². The molecule has 6 nitrogen and oxygen atoms in total. The smallest absolute Gasteiger partial charge is 0.417 e. The summed E-state index contributed by atoms with van der Waals surface area (Å²) in [7, 11) is 0. The van der Waals surface area contributed by atoms with E-state index < -0.39 is 28.8 Å². The van der Waals surface area contributed by atoms with Crippen LogP contribution in [-0.4, -0.2) is 22.2 Å². The Bertz CT molecular complexity index is 1250. The Balaban J connectivity index is 2.10. The number of aliphatic carboxylic acids is 1.